The highest BCUT2D eigenvalue weighted by atomic mass is 16.5. The Kier molecular flexibility index (Phi) is 5.18. The van der Waals surface area contributed by atoms with Gasteiger partial charge in [0.25, 0.3) is 5.91 Å². The van der Waals surface area contributed by atoms with Crippen LogP contribution < -0.4 is 5.73 Å². The highest BCUT2D eigenvalue weighted by Crippen LogP contribution is 2.35. The molecule has 1 saturated heterocycles. The van der Waals surface area contributed by atoms with Crippen LogP contribution in [-0.2, 0) is 4.74 Å². The van der Waals surface area contributed by atoms with Gasteiger partial charge in [0, 0.05) is 46.1 Å². The van der Waals surface area contributed by atoms with Gasteiger partial charge >= 0.3 is 0 Å². The van der Waals surface area contributed by atoms with Crippen LogP contribution >= 0.6 is 0 Å². The number of aryl methyl sites for hydroxylation is 2. The number of amidine groups is 1. The minimum Gasteiger partial charge on any atom is -0.383 e. The fourth-order valence-electron chi connectivity index (χ4n) is 4.47. The number of nitrogens with one attached hydrogen (secondary N) is 2. The summed E-state index contributed by atoms with van der Waals surface area (Å²) in [5.74, 6) is 0.916. The monoisotopic (exact) mass is 444 g/mol. The Bertz CT molecular complexity index is 1410. The number of benzene rings is 2. The first-order valence-corrected chi connectivity index (χ1v) is 10.7. The average molecular weight is 444 g/mol. The van der Waals surface area contributed by atoms with E-state index in [-0.39, 0.29) is 11.7 Å². The predicted octanol–water partition coefficient (Wildman–Crippen LogP) is 3.38. The highest BCUT2D eigenvalue weighted by molar-refractivity contribution is 6.18. The molecule has 9 nitrogen and oxygen atoms in total. The van der Waals surface area contributed by atoms with Gasteiger partial charge in [-0.25, -0.2) is 4.99 Å². The van der Waals surface area contributed by atoms with Crippen LogP contribution in [0.1, 0.15) is 27.4 Å². The van der Waals surface area contributed by atoms with E-state index in [9.17, 15) is 4.79 Å². The first kappa shape index (κ1) is 20.9. The molecule has 0 atom stereocenters. The Morgan fingerprint density at radius 2 is 2.00 bits per heavy atom. The third-order valence-corrected chi connectivity index (χ3v) is 6.05. The van der Waals surface area contributed by atoms with Crippen LogP contribution in [-0.4, -0.2) is 59.4 Å². The van der Waals surface area contributed by atoms with Crippen molar-refractivity contribution in [3.63, 3.8) is 0 Å². The molecule has 0 radical (unpaired) electrons. The topological polar surface area (TPSA) is 134 Å². The summed E-state index contributed by atoms with van der Waals surface area (Å²) >= 11 is 0. The van der Waals surface area contributed by atoms with E-state index in [0.717, 1.165) is 45.0 Å². The summed E-state index contributed by atoms with van der Waals surface area (Å²) in [6, 6.07) is 9.66. The number of nitrogens with zero attached hydrogens (tertiary/aromatic N) is 3. The maximum absolute atomic E-state index is 13.0. The molecule has 1 fully saturated rings. The summed E-state index contributed by atoms with van der Waals surface area (Å²) < 4.78 is 10.7. The Labute approximate surface area is 189 Å². The number of H-pyrrole nitrogens is 1. The molecule has 168 valence electrons. The lowest BCUT2D eigenvalue weighted by molar-refractivity contribution is 0.0303. The maximum Gasteiger partial charge on any atom is 0.254 e. The third-order valence-electron chi connectivity index (χ3n) is 6.05. The molecular weight excluding hydrogens is 420 g/mol. The predicted molar refractivity (Wildman–Crippen MR) is 127 cm³/mol. The smallest absolute Gasteiger partial charge is 0.254 e. The number of aromatic amines is 1. The number of hydrogen-bond acceptors (Lipinski definition) is 5. The lowest BCUT2D eigenvalue weighted by Gasteiger charge is -2.26. The van der Waals surface area contributed by atoms with Crippen molar-refractivity contribution in [3.8, 4) is 11.1 Å². The molecular formula is C24H24N6O3. The van der Waals surface area contributed by atoms with Gasteiger partial charge in [0.05, 0.1) is 24.4 Å². The number of morpholine rings is 1. The molecule has 9 heteroatoms. The number of nitrogens with two attached hydrogens (primary N) is 1. The molecule has 2 aromatic heterocycles. The molecule has 5 rings (SSSR count). The van der Waals surface area contributed by atoms with E-state index in [2.05, 4.69) is 21.2 Å². The van der Waals surface area contributed by atoms with Crippen molar-refractivity contribution in [1.29, 1.82) is 5.41 Å². The van der Waals surface area contributed by atoms with Gasteiger partial charge in [0.15, 0.2) is 0 Å². The van der Waals surface area contributed by atoms with Crippen LogP contribution in [0, 0.1) is 19.3 Å². The molecule has 1 aliphatic heterocycles. The van der Waals surface area contributed by atoms with Gasteiger partial charge in [-0.05, 0) is 43.7 Å². The largest absolute Gasteiger partial charge is 0.383 e. The molecule has 1 aliphatic rings. The molecule has 4 aromatic rings. The number of hydrogen-bond donors (Lipinski definition) is 3. The van der Waals surface area contributed by atoms with Crippen molar-refractivity contribution in [3.05, 3.63) is 52.9 Å². The third kappa shape index (κ3) is 3.56. The van der Waals surface area contributed by atoms with Crippen molar-refractivity contribution in [2.45, 2.75) is 13.8 Å². The van der Waals surface area contributed by atoms with E-state index >= 15 is 0 Å². The first-order chi connectivity index (χ1) is 16.0. The van der Waals surface area contributed by atoms with Gasteiger partial charge in [0.1, 0.15) is 17.9 Å². The van der Waals surface area contributed by atoms with Gasteiger partial charge < -0.3 is 24.9 Å². The van der Waals surface area contributed by atoms with Crippen LogP contribution in [0.5, 0.6) is 0 Å². The molecule has 0 unspecified atom stereocenters. The lowest BCUT2D eigenvalue weighted by atomic mass is 9.97. The van der Waals surface area contributed by atoms with Crippen molar-refractivity contribution in [2.24, 2.45) is 10.7 Å². The Morgan fingerprint density at radius 3 is 2.70 bits per heavy atom. The number of amides is 1. The summed E-state index contributed by atoms with van der Waals surface area (Å²) in [7, 11) is 0. The van der Waals surface area contributed by atoms with Gasteiger partial charge in [-0.2, -0.15) is 0 Å². The van der Waals surface area contributed by atoms with E-state index < -0.39 is 0 Å². The molecule has 4 N–H and O–H groups in total. The van der Waals surface area contributed by atoms with Crippen LogP contribution in [0.4, 0.5) is 0 Å². The molecule has 33 heavy (non-hydrogen) atoms. The van der Waals surface area contributed by atoms with E-state index in [0.29, 0.717) is 43.2 Å². The fourth-order valence-corrected chi connectivity index (χ4v) is 4.47. The molecule has 3 heterocycles. The van der Waals surface area contributed by atoms with Gasteiger partial charge in [-0.15, -0.1) is 0 Å². The minimum atomic E-state index is -0.0135. The number of rotatable bonds is 4. The zero-order chi connectivity index (χ0) is 23.1. The van der Waals surface area contributed by atoms with Gasteiger partial charge in [-0.3, -0.25) is 10.2 Å². The number of aromatic nitrogens is 2. The molecule has 1 amide bonds. The second-order valence-electron chi connectivity index (χ2n) is 8.08. The number of ether oxygens (including phenoxy) is 1. The molecule has 0 saturated carbocycles. The lowest BCUT2D eigenvalue weighted by Crippen LogP contribution is -2.40. The Balaban J connectivity index is 1.70. The van der Waals surface area contributed by atoms with Crippen molar-refractivity contribution in [1.82, 2.24) is 15.0 Å². The molecule has 0 spiro atoms. The van der Waals surface area contributed by atoms with Gasteiger partial charge in [-0.1, -0.05) is 11.2 Å². The number of fused-ring (bicyclic) bond motifs is 3. The van der Waals surface area contributed by atoms with E-state index in [1.807, 2.05) is 43.0 Å². The number of carbonyl (C=O) groups is 1. The van der Waals surface area contributed by atoms with Crippen LogP contribution in [0.3, 0.4) is 0 Å². The second-order valence-corrected chi connectivity index (χ2v) is 8.08. The number of aliphatic imine (C=N–C) groups is 1. The van der Waals surface area contributed by atoms with Gasteiger partial charge in [0.2, 0.25) is 0 Å². The van der Waals surface area contributed by atoms with Crippen molar-refractivity contribution < 1.29 is 14.1 Å². The van der Waals surface area contributed by atoms with E-state index in [1.165, 1.54) is 0 Å². The van der Waals surface area contributed by atoms with Crippen LogP contribution in [0.25, 0.3) is 32.9 Å². The molecule has 0 bridgehead atoms. The van der Waals surface area contributed by atoms with Crippen molar-refractivity contribution >= 4 is 39.9 Å². The summed E-state index contributed by atoms with van der Waals surface area (Å²) in [5, 5.41) is 13.3. The van der Waals surface area contributed by atoms with E-state index in [1.54, 1.807) is 0 Å². The van der Waals surface area contributed by atoms with Crippen molar-refractivity contribution in [2.75, 3.05) is 26.3 Å². The quantitative estimate of drug-likeness (QED) is 0.328. The zero-order valence-corrected chi connectivity index (χ0v) is 18.4. The SMILES string of the molecule is Cc1noc(C)c1-c1cc(C(N)=NC=N)c2[nH]c3cc(C(=O)N4CCOCC4)ccc3c2c1. The fraction of sp³-hybridized carbons (Fsp3) is 0.250. The summed E-state index contributed by atoms with van der Waals surface area (Å²) in [6.07, 6.45) is 0.922. The minimum absolute atomic E-state index is 0.0135. The summed E-state index contributed by atoms with van der Waals surface area (Å²) in [5.41, 5.74) is 11.7. The second kappa shape index (κ2) is 8.18. The average Bonchev–Trinajstić information content (AvgIpc) is 3.37. The maximum atomic E-state index is 13.0. The Hall–Kier alpha value is -3.98. The molecule has 2 aromatic carbocycles. The zero-order valence-electron chi connectivity index (χ0n) is 18.4. The Morgan fingerprint density at radius 1 is 1.21 bits per heavy atom. The summed E-state index contributed by atoms with van der Waals surface area (Å²) in [4.78, 5) is 22.2. The van der Waals surface area contributed by atoms with E-state index in [4.69, 9.17) is 20.4 Å². The first-order valence-electron chi connectivity index (χ1n) is 10.7. The normalized spacial score (nSPS) is 14.8. The molecule has 0 aliphatic carbocycles. The number of carbonyl (C=O) groups excluding carboxylic acids is 1. The highest BCUT2D eigenvalue weighted by Gasteiger charge is 2.21. The standard InChI is InChI=1S/C24H24N6O3/c1-13-21(14(2)33-29-13)16-9-18-17-4-3-15(24(31)30-5-7-32-8-6-30)11-20(17)28-22(18)19(10-16)23(26)27-12-25/h3-4,9-12,28H,5-8H2,1-2H3,(H3,25,26,27). The van der Waals surface area contributed by atoms with Crippen LogP contribution in [0.15, 0.2) is 39.8 Å². The summed E-state index contributed by atoms with van der Waals surface area (Å²) in [6.45, 7) is 6.05. The van der Waals surface area contributed by atoms with Crippen LogP contribution in [0.2, 0.25) is 0 Å².